The number of anilines is 1. The number of sulfonamides is 1. The molecular weight excluding hydrogens is 356 g/mol. The lowest BCUT2D eigenvalue weighted by atomic mass is 10.3. The third-order valence-electron chi connectivity index (χ3n) is 3.15. The largest absolute Gasteiger partial charge is 0.486 e. The summed E-state index contributed by atoms with van der Waals surface area (Å²) < 4.78 is 37.2. The van der Waals surface area contributed by atoms with Crippen molar-refractivity contribution in [2.24, 2.45) is 0 Å². The van der Waals surface area contributed by atoms with Crippen LogP contribution in [0.3, 0.4) is 0 Å². The number of fused-ring (bicyclic) bond motifs is 1. The van der Waals surface area contributed by atoms with Crippen molar-refractivity contribution < 1.29 is 22.7 Å². The Bertz CT molecular complexity index is 868. The summed E-state index contributed by atoms with van der Waals surface area (Å²) in [6.45, 7) is 0.738. The van der Waals surface area contributed by atoms with Crippen LogP contribution in [0, 0.1) is 0 Å². The first-order chi connectivity index (χ1) is 11.4. The van der Waals surface area contributed by atoms with Gasteiger partial charge in [-0.25, -0.2) is 17.9 Å². The van der Waals surface area contributed by atoms with E-state index in [9.17, 15) is 13.2 Å². The summed E-state index contributed by atoms with van der Waals surface area (Å²) in [5, 5.41) is 2.92. The second kappa shape index (κ2) is 6.58. The van der Waals surface area contributed by atoms with Gasteiger partial charge in [0, 0.05) is 16.8 Å². The minimum Gasteiger partial charge on any atom is -0.486 e. The number of hydrogen-bond acceptors (Lipinski definition) is 5. The zero-order valence-corrected chi connectivity index (χ0v) is 13.9. The van der Waals surface area contributed by atoms with Crippen LogP contribution < -0.4 is 19.5 Å². The summed E-state index contributed by atoms with van der Waals surface area (Å²) in [5.74, 6) is 0.785. The molecule has 0 fully saturated rings. The minimum atomic E-state index is -4.04. The summed E-state index contributed by atoms with van der Waals surface area (Å²) in [7, 11) is -4.04. The predicted octanol–water partition coefficient (Wildman–Crippen LogP) is 2.62. The van der Waals surface area contributed by atoms with Crippen molar-refractivity contribution in [1.29, 1.82) is 0 Å². The average molecular weight is 369 g/mol. The Morgan fingerprint density at radius 1 is 1.00 bits per heavy atom. The first kappa shape index (κ1) is 16.4. The van der Waals surface area contributed by atoms with Crippen molar-refractivity contribution in [2.75, 3.05) is 18.5 Å². The van der Waals surface area contributed by atoms with Crippen LogP contribution in [0.25, 0.3) is 0 Å². The normalized spacial score (nSPS) is 13.2. The Morgan fingerprint density at radius 3 is 2.38 bits per heavy atom. The minimum absolute atomic E-state index is 0.0991. The molecule has 0 aromatic heterocycles. The number of nitrogens with one attached hydrogen (secondary N) is 2. The van der Waals surface area contributed by atoms with Crippen LogP contribution in [0.5, 0.6) is 11.5 Å². The SMILES string of the molecule is O=C(Nc1ccc(Cl)cc1)NS(=O)(=O)c1ccc2c(c1)OCCO2. The fourth-order valence-corrected chi connectivity index (χ4v) is 3.11. The van der Waals surface area contributed by atoms with Crippen molar-refractivity contribution in [1.82, 2.24) is 4.72 Å². The predicted molar refractivity (Wildman–Crippen MR) is 88.2 cm³/mol. The van der Waals surface area contributed by atoms with E-state index in [0.29, 0.717) is 35.4 Å². The summed E-state index contributed by atoms with van der Waals surface area (Å²) >= 11 is 5.75. The van der Waals surface area contributed by atoms with Gasteiger partial charge in [0.1, 0.15) is 13.2 Å². The summed E-state index contributed by atoms with van der Waals surface area (Å²) in [4.78, 5) is 11.8. The van der Waals surface area contributed by atoms with Gasteiger partial charge in [-0.15, -0.1) is 0 Å². The van der Waals surface area contributed by atoms with Gasteiger partial charge in [-0.3, -0.25) is 0 Å². The summed E-state index contributed by atoms with van der Waals surface area (Å²) in [6, 6.07) is 9.51. The van der Waals surface area contributed by atoms with Crippen LogP contribution in [-0.4, -0.2) is 27.7 Å². The number of amides is 2. The van der Waals surface area contributed by atoms with Gasteiger partial charge in [0.15, 0.2) is 11.5 Å². The highest BCUT2D eigenvalue weighted by Gasteiger charge is 2.21. The van der Waals surface area contributed by atoms with Crippen molar-refractivity contribution in [3.8, 4) is 11.5 Å². The number of halogens is 1. The number of carbonyl (C=O) groups is 1. The average Bonchev–Trinajstić information content (AvgIpc) is 2.56. The second-order valence-corrected chi connectivity index (χ2v) is 6.99. The van der Waals surface area contributed by atoms with Crippen molar-refractivity contribution in [3.63, 3.8) is 0 Å². The van der Waals surface area contributed by atoms with Gasteiger partial charge in [0.2, 0.25) is 0 Å². The zero-order valence-electron chi connectivity index (χ0n) is 12.3. The van der Waals surface area contributed by atoms with Crippen LogP contribution in [0.2, 0.25) is 5.02 Å². The molecule has 0 bridgehead atoms. The van der Waals surface area contributed by atoms with E-state index in [1.54, 1.807) is 24.3 Å². The lowest BCUT2D eigenvalue weighted by Gasteiger charge is -2.18. The highest BCUT2D eigenvalue weighted by molar-refractivity contribution is 7.90. The van der Waals surface area contributed by atoms with Gasteiger partial charge < -0.3 is 14.8 Å². The Kier molecular flexibility index (Phi) is 4.50. The molecule has 2 N–H and O–H groups in total. The quantitative estimate of drug-likeness (QED) is 0.868. The van der Waals surface area contributed by atoms with Crippen molar-refractivity contribution >= 4 is 33.3 Å². The fourth-order valence-electron chi connectivity index (χ4n) is 2.06. The van der Waals surface area contributed by atoms with Crippen LogP contribution in [0.4, 0.5) is 10.5 Å². The topological polar surface area (TPSA) is 93.7 Å². The fraction of sp³-hybridized carbons (Fsp3) is 0.133. The highest BCUT2D eigenvalue weighted by Crippen LogP contribution is 2.32. The van der Waals surface area contributed by atoms with E-state index in [0.717, 1.165) is 0 Å². The van der Waals surface area contributed by atoms with Gasteiger partial charge in [-0.2, -0.15) is 0 Å². The smallest absolute Gasteiger partial charge is 0.333 e. The lowest BCUT2D eigenvalue weighted by Crippen LogP contribution is -2.34. The molecule has 0 aliphatic carbocycles. The standard InChI is InChI=1S/C15H13ClN2O5S/c16-10-1-3-11(4-2-10)17-15(19)18-24(20,21)12-5-6-13-14(9-12)23-8-7-22-13/h1-6,9H,7-8H2,(H2,17,18,19). The molecule has 1 heterocycles. The first-order valence-corrected chi connectivity index (χ1v) is 8.79. The van der Waals surface area contributed by atoms with Crippen molar-refractivity contribution in [3.05, 3.63) is 47.5 Å². The summed E-state index contributed by atoms with van der Waals surface area (Å²) in [5.41, 5.74) is 0.411. The van der Waals surface area contributed by atoms with Crippen LogP contribution in [0.15, 0.2) is 47.4 Å². The molecule has 7 nitrogen and oxygen atoms in total. The maximum Gasteiger partial charge on any atom is 0.333 e. The van der Waals surface area contributed by atoms with Crippen LogP contribution in [0.1, 0.15) is 0 Å². The molecule has 1 aliphatic rings. The van der Waals surface area contributed by atoms with Crippen LogP contribution >= 0.6 is 11.6 Å². The van der Waals surface area contributed by atoms with Crippen molar-refractivity contribution in [2.45, 2.75) is 4.90 Å². The molecule has 0 saturated carbocycles. The number of rotatable bonds is 3. The molecule has 0 atom stereocenters. The molecule has 2 aromatic carbocycles. The van der Waals surface area contributed by atoms with Gasteiger partial charge in [-0.1, -0.05) is 11.6 Å². The highest BCUT2D eigenvalue weighted by atomic mass is 35.5. The number of benzene rings is 2. The Labute approximate surface area is 143 Å². The maximum atomic E-state index is 12.3. The van der Waals surface area contributed by atoms with E-state index in [2.05, 4.69) is 5.32 Å². The molecule has 0 saturated heterocycles. The number of urea groups is 1. The molecule has 0 spiro atoms. The molecule has 24 heavy (non-hydrogen) atoms. The molecule has 9 heteroatoms. The number of hydrogen-bond donors (Lipinski definition) is 2. The molecule has 0 unspecified atom stereocenters. The summed E-state index contributed by atoms with van der Waals surface area (Å²) in [6.07, 6.45) is 0. The zero-order chi connectivity index (χ0) is 17.2. The van der Waals surface area contributed by atoms with Gasteiger partial charge in [0.05, 0.1) is 4.90 Å². The Hall–Kier alpha value is -2.45. The Morgan fingerprint density at radius 2 is 1.67 bits per heavy atom. The van der Waals surface area contributed by atoms with E-state index in [4.69, 9.17) is 21.1 Å². The monoisotopic (exact) mass is 368 g/mol. The van der Waals surface area contributed by atoms with E-state index in [1.807, 2.05) is 4.72 Å². The third-order valence-corrected chi connectivity index (χ3v) is 4.73. The molecule has 3 rings (SSSR count). The lowest BCUT2D eigenvalue weighted by molar-refractivity contribution is 0.171. The second-order valence-electron chi connectivity index (χ2n) is 4.87. The molecule has 2 aromatic rings. The van der Waals surface area contributed by atoms with E-state index < -0.39 is 16.1 Å². The van der Waals surface area contributed by atoms with Gasteiger partial charge >= 0.3 is 6.03 Å². The van der Waals surface area contributed by atoms with Gasteiger partial charge in [0.25, 0.3) is 10.0 Å². The molecule has 2 amide bonds. The van der Waals surface area contributed by atoms with E-state index in [1.165, 1.54) is 18.2 Å². The first-order valence-electron chi connectivity index (χ1n) is 6.93. The van der Waals surface area contributed by atoms with E-state index in [-0.39, 0.29) is 4.90 Å². The number of ether oxygens (including phenoxy) is 2. The van der Waals surface area contributed by atoms with Crippen LogP contribution in [-0.2, 0) is 10.0 Å². The van der Waals surface area contributed by atoms with Gasteiger partial charge in [-0.05, 0) is 36.4 Å². The molecule has 126 valence electrons. The van der Waals surface area contributed by atoms with E-state index >= 15 is 0 Å². The Balaban J connectivity index is 1.73. The molecule has 0 radical (unpaired) electrons. The molecular formula is C15H13ClN2O5S. The molecule has 1 aliphatic heterocycles. The number of carbonyl (C=O) groups excluding carboxylic acids is 1. The maximum absolute atomic E-state index is 12.3. The third kappa shape index (κ3) is 3.72.